The molecule has 84 valence electrons. The summed E-state index contributed by atoms with van der Waals surface area (Å²) >= 11 is 0. The Balaban J connectivity index is 2.00. The lowest BCUT2D eigenvalue weighted by molar-refractivity contribution is -0.125. The summed E-state index contributed by atoms with van der Waals surface area (Å²) < 4.78 is 0. The normalized spacial score (nSPS) is 21.9. The van der Waals surface area contributed by atoms with Gasteiger partial charge in [0.25, 0.3) is 0 Å². The molecule has 1 saturated heterocycles. The lowest BCUT2D eigenvalue weighted by Crippen LogP contribution is -2.37. The van der Waals surface area contributed by atoms with E-state index >= 15 is 0 Å². The lowest BCUT2D eigenvalue weighted by Gasteiger charge is -2.16. The zero-order valence-electron chi connectivity index (χ0n) is 8.93. The molecule has 0 bridgehead atoms. The molecule has 16 heavy (non-hydrogen) atoms. The summed E-state index contributed by atoms with van der Waals surface area (Å²) in [4.78, 5) is 26.3. The second-order valence-electron chi connectivity index (χ2n) is 3.84. The predicted molar refractivity (Wildman–Crippen MR) is 57.3 cm³/mol. The molecule has 0 aromatic carbocycles. The molecule has 2 atom stereocenters. The third-order valence-corrected chi connectivity index (χ3v) is 2.60. The molecule has 2 unspecified atom stereocenters. The fraction of sp³-hybridized carbons (Fsp3) is 0.364. The van der Waals surface area contributed by atoms with Crippen molar-refractivity contribution in [2.45, 2.75) is 25.4 Å². The molecule has 2 heterocycles. The number of rotatable bonds is 3. The number of nitrogens with one attached hydrogen (secondary N) is 2. The second-order valence-corrected chi connectivity index (χ2v) is 3.84. The number of amides is 2. The molecule has 2 amide bonds. The first-order chi connectivity index (χ1) is 7.66. The monoisotopic (exact) mass is 219 g/mol. The fourth-order valence-corrected chi connectivity index (χ4v) is 1.72. The van der Waals surface area contributed by atoms with Crippen LogP contribution in [0.2, 0.25) is 0 Å². The van der Waals surface area contributed by atoms with Crippen molar-refractivity contribution in [3.8, 4) is 0 Å². The number of carbonyl (C=O) groups is 2. The van der Waals surface area contributed by atoms with Gasteiger partial charge in [0.05, 0.1) is 12.5 Å². The van der Waals surface area contributed by atoms with Gasteiger partial charge in [-0.15, -0.1) is 0 Å². The van der Waals surface area contributed by atoms with E-state index in [9.17, 15) is 9.59 Å². The van der Waals surface area contributed by atoms with Gasteiger partial charge in [-0.05, 0) is 18.6 Å². The van der Waals surface area contributed by atoms with Crippen molar-refractivity contribution in [3.63, 3.8) is 0 Å². The average Bonchev–Trinajstić information content (AvgIpc) is 2.59. The van der Waals surface area contributed by atoms with E-state index < -0.39 is 6.04 Å². The minimum absolute atomic E-state index is 0.00431. The first-order valence-electron chi connectivity index (χ1n) is 5.16. The van der Waals surface area contributed by atoms with Crippen LogP contribution in [-0.2, 0) is 9.59 Å². The summed E-state index contributed by atoms with van der Waals surface area (Å²) in [5, 5.41) is 5.37. The van der Waals surface area contributed by atoms with Gasteiger partial charge in [-0.3, -0.25) is 25.2 Å². The van der Waals surface area contributed by atoms with Crippen molar-refractivity contribution < 1.29 is 9.59 Å². The Morgan fingerprint density at radius 2 is 2.38 bits per heavy atom. The Morgan fingerprint density at radius 1 is 1.56 bits per heavy atom. The molecular weight excluding hydrogens is 206 g/mol. The number of pyridine rings is 1. The molecular formula is C11H13N3O2. The molecule has 5 heteroatoms. The molecule has 0 saturated carbocycles. The van der Waals surface area contributed by atoms with Crippen molar-refractivity contribution in [1.29, 1.82) is 0 Å². The standard InChI is InChI=1S/C11H13N3O2/c1-7(8-3-2-4-12-6-8)13-9-5-10(15)14-11(9)16/h2-4,6-7,9,13H,5H2,1H3,(H,14,15,16). The first-order valence-corrected chi connectivity index (χ1v) is 5.16. The van der Waals surface area contributed by atoms with Gasteiger partial charge in [-0.25, -0.2) is 0 Å². The zero-order valence-corrected chi connectivity index (χ0v) is 8.93. The Kier molecular flexibility index (Phi) is 2.96. The summed E-state index contributed by atoms with van der Waals surface area (Å²) in [7, 11) is 0. The highest BCUT2D eigenvalue weighted by atomic mass is 16.2. The Bertz CT molecular complexity index is 405. The van der Waals surface area contributed by atoms with E-state index in [1.54, 1.807) is 12.4 Å². The molecule has 0 spiro atoms. The van der Waals surface area contributed by atoms with Crippen LogP contribution < -0.4 is 10.6 Å². The molecule has 1 fully saturated rings. The van der Waals surface area contributed by atoms with Crippen LogP contribution in [-0.4, -0.2) is 22.8 Å². The second kappa shape index (κ2) is 4.40. The number of aromatic nitrogens is 1. The maximum atomic E-state index is 11.3. The molecule has 0 radical (unpaired) electrons. The van der Waals surface area contributed by atoms with Crippen LogP contribution in [0.15, 0.2) is 24.5 Å². The van der Waals surface area contributed by atoms with Crippen molar-refractivity contribution in [2.24, 2.45) is 0 Å². The van der Waals surface area contributed by atoms with Crippen LogP contribution in [0.25, 0.3) is 0 Å². The van der Waals surface area contributed by atoms with Crippen LogP contribution >= 0.6 is 0 Å². The van der Waals surface area contributed by atoms with Gasteiger partial charge in [0.1, 0.15) is 0 Å². The smallest absolute Gasteiger partial charge is 0.244 e. The average molecular weight is 219 g/mol. The van der Waals surface area contributed by atoms with Gasteiger partial charge in [-0.2, -0.15) is 0 Å². The van der Waals surface area contributed by atoms with Gasteiger partial charge >= 0.3 is 0 Å². The van der Waals surface area contributed by atoms with Crippen molar-refractivity contribution in [3.05, 3.63) is 30.1 Å². The van der Waals surface area contributed by atoms with Crippen LogP contribution in [0.5, 0.6) is 0 Å². The number of nitrogens with zero attached hydrogens (tertiary/aromatic N) is 1. The summed E-state index contributed by atoms with van der Waals surface area (Å²) in [6, 6.07) is 3.34. The molecule has 1 aliphatic rings. The van der Waals surface area contributed by atoms with Crippen LogP contribution in [0, 0.1) is 0 Å². The van der Waals surface area contributed by atoms with Crippen molar-refractivity contribution in [1.82, 2.24) is 15.6 Å². The van der Waals surface area contributed by atoms with E-state index in [-0.39, 0.29) is 24.3 Å². The molecule has 1 aliphatic heterocycles. The predicted octanol–water partition coefficient (Wildman–Crippen LogP) is 0.147. The van der Waals surface area contributed by atoms with Gasteiger partial charge in [0, 0.05) is 18.4 Å². The summed E-state index contributed by atoms with van der Waals surface area (Å²) in [6.45, 7) is 1.94. The largest absolute Gasteiger partial charge is 0.299 e. The van der Waals surface area contributed by atoms with E-state index in [0.29, 0.717) is 0 Å². The summed E-state index contributed by atoms with van der Waals surface area (Å²) in [5.74, 6) is -0.471. The minimum Gasteiger partial charge on any atom is -0.299 e. The molecule has 2 N–H and O–H groups in total. The van der Waals surface area contributed by atoms with E-state index in [2.05, 4.69) is 15.6 Å². The molecule has 5 nitrogen and oxygen atoms in total. The maximum absolute atomic E-state index is 11.3. The number of hydrogen-bond acceptors (Lipinski definition) is 4. The fourth-order valence-electron chi connectivity index (χ4n) is 1.72. The van der Waals surface area contributed by atoms with Crippen molar-refractivity contribution >= 4 is 11.8 Å². The third kappa shape index (κ3) is 2.25. The minimum atomic E-state index is -0.428. The Morgan fingerprint density at radius 3 is 2.94 bits per heavy atom. The van der Waals surface area contributed by atoms with Crippen LogP contribution in [0.4, 0.5) is 0 Å². The number of hydrogen-bond donors (Lipinski definition) is 2. The van der Waals surface area contributed by atoms with Gasteiger partial charge < -0.3 is 0 Å². The van der Waals surface area contributed by atoms with Gasteiger partial charge in [0.15, 0.2) is 0 Å². The third-order valence-electron chi connectivity index (χ3n) is 2.60. The van der Waals surface area contributed by atoms with Crippen LogP contribution in [0.1, 0.15) is 24.9 Å². The summed E-state index contributed by atoms with van der Waals surface area (Å²) in [6.07, 6.45) is 3.65. The van der Waals surface area contributed by atoms with E-state index in [0.717, 1.165) is 5.56 Å². The van der Waals surface area contributed by atoms with E-state index in [4.69, 9.17) is 0 Å². The highest BCUT2D eigenvalue weighted by Crippen LogP contribution is 2.13. The lowest BCUT2D eigenvalue weighted by atomic mass is 10.1. The molecule has 1 aromatic heterocycles. The molecule has 1 aromatic rings. The molecule has 0 aliphatic carbocycles. The molecule has 2 rings (SSSR count). The quantitative estimate of drug-likeness (QED) is 0.710. The zero-order chi connectivity index (χ0) is 11.5. The highest BCUT2D eigenvalue weighted by molar-refractivity contribution is 6.05. The number of imide groups is 1. The topological polar surface area (TPSA) is 71.1 Å². The van der Waals surface area contributed by atoms with Gasteiger partial charge in [-0.1, -0.05) is 6.07 Å². The first kappa shape index (κ1) is 10.8. The van der Waals surface area contributed by atoms with E-state index in [1.165, 1.54) is 0 Å². The highest BCUT2D eigenvalue weighted by Gasteiger charge is 2.31. The SMILES string of the molecule is CC(NC1CC(=O)NC1=O)c1cccnc1. The van der Waals surface area contributed by atoms with Crippen LogP contribution in [0.3, 0.4) is 0 Å². The Labute approximate surface area is 93.3 Å². The summed E-state index contributed by atoms with van der Waals surface area (Å²) in [5.41, 5.74) is 0.995. The van der Waals surface area contributed by atoms with Gasteiger partial charge in [0.2, 0.25) is 11.8 Å². The maximum Gasteiger partial charge on any atom is 0.244 e. The van der Waals surface area contributed by atoms with Crippen molar-refractivity contribution in [2.75, 3.05) is 0 Å². The number of carbonyl (C=O) groups excluding carboxylic acids is 2. The Hall–Kier alpha value is -1.75. The van der Waals surface area contributed by atoms with E-state index in [1.807, 2.05) is 19.1 Å².